The largest absolute Gasteiger partial charge is 0.342 e. The Labute approximate surface area is 163 Å². The van der Waals surface area contributed by atoms with Crippen molar-refractivity contribution in [2.75, 3.05) is 33.2 Å². The molecule has 148 valence electrons. The Balaban J connectivity index is 1.52. The summed E-state index contributed by atoms with van der Waals surface area (Å²) >= 11 is 0. The number of carbonyl (C=O) groups is 2. The molecule has 2 aliphatic rings. The van der Waals surface area contributed by atoms with Crippen LogP contribution in [0.1, 0.15) is 56.1 Å². The lowest BCUT2D eigenvalue weighted by Gasteiger charge is -2.24. The van der Waals surface area contributed by atoms with Crippen LogP contribution in [0, 0.1) is 0 Å². The fraction of sp³-hybridized carbons (Fsp3) is 0.636. The Morgan fingerprint density at radius 3 is 2.48 bits per heavy atom. The molecule has 2 aliphatic heterocycles. The molecule has 0 N–H and O–H groups in total. The van der Waals surface area contributed by atoms with Crippen LogP contribution in [0.4, 0.5) is 0 Å². The minimum absolute atomic E-state index is 0.114. The summed E-state index contributed by atoms with van der Waals surface area (Å²) in [7, 11) is 1.87. The fourth-order valence-corrected chi connectivity index (χ4v) is 4.09. The van der Waals surface area contributed by atoms with E-state index in [-0.39, 0.29) is 11.8 Å². The first-order valence-electron chi connectivity index (χ1n) is 10.4. The van der Waals surface area contributed by atoms with Gasteiger partial charge in [-0.1, -0.05) is 30.7 Å². The predicted octanol–water partition coefficient (Wildman–Crippen LogP) is 3.03. The summed E-state index contributed by atoms with van der Waals surface area (Å²) in [5.41, 5.74) is 2.55. The minimum atomic E-state index is 0.114. The van der Waals surface area contributed by atoms with E-state index >= 15 is 0 Å². The van der Waals surface area contributed by atoms with Gasteiger partial charge in [-0.05, 0) is 49.9 Å². The van der Waals surface area contributed by atoms with E-state index in [0.717, 1.165) is 32.4 Å². The number of likely N-dealkylation sites (tertiary alicyclic amines) is 2. The van der Waals surface area contributed by atoms with Crippen molar-refractivity contribution >= 4 is 11.8 Å². The van der Waals surface area contributed by atoms with Crippen LogP contribution in [0.5, 0.6) is 0 Å². The maximum Gasteiger partial charge on any atom is 0.224 e. The molecule has 2 heterocycles. The van der Waals surface area contributed by atoms with Gasteiger partial charge >= 0.3 is 0 Å². The molecule has 2 saturated heterocycles. The standard InChI is InChI=1S/C22H33N3O2/c1-23(21(26)12-16-25-15-6-2-3-11-22(25)27)17-19-9-4-5-10-20(19)18-24-13-7-8-14-24/h4-5,9-10H,2-3,6-8,11-18H2,1H3. The van der Waals surface area contributed by atoms with Crippen LogP contribution < -0.4 is 0 Å². The van der Waals surface area contributed by atoms with E-state index in [1.54, 1.807) is 0 Å². The van der Waals surface area contributed by atoms with Crippen LogP contribution >= 0.6 is 0 Å². The number of amides is 2. The molecule has 3 rings (SSSR count). The number of benzene rings is 1. The number of rotatable bonds is 7. The Bertz CT molecular complexity index is 640. The van der Waals surface area contributed by atoms with Gasteiger partial charge in [-0.2, -0.15) is 0 Å². The first kappa shape index (κ1) is 19.9. The second-order valence-electron chi connectivity index (χ2n) is 7.94. The van der Waals surface area contributed by atoms with Crippen LogP contribution in [0.2, 0.25) is 0 Å². The predicted molar refractivity (Wildman–Crippen MR) is 107 cm³/mol. The van der Waals surface area contributed by atoms with Gasteiger partial charge in [0.1, 0.15) is 0 Å². The van der Waals surface area contributed by atoms with Gasteiger partial charge in [0.15, 0.2) is 0 Å². The van der Waals surface area contributed by atoms with Crippen molar-refractivity contribution < 1.29 is 9.59 Å². The number of hydrogen-bond acceptors (Lipinski definition) is 3. The molecule has 5 nitrogen and oxygen atoms in total. The third-order valence-corrected chi connectivity index (χ3v) is 5.81. The maximum atomic E-state index is 12.6. The van der Waals surface area contributed by atoms with Gasteiger partial charge in [-0.15, -0.1) is 0 Å². The van der Waals surface area contributed by atoms with Crippen LogP contribution in [0.15, 0.2) is 24.3 Å². The van der Waals surface area contributed by atoms with Crippen LogP contribution in [-0.2, 0) is 22.7 Å². The molecule has 1 aromatic rings. The van der Waals surface area contributed by atoms with E-state index in [1.807, 2.05) is 16.8 Å². The topological polar surface area (TPSA) is 43.9 Å². The highest BCUT2D eigenvalue weighted by Crippen LogP contribution is 2.18. The first-order chi connectivity index (χ1) is 13.1. The van der Waals surface area contributed by atoms with E-state index in [0.29, 0.717) is 25.9 Å². The van der Waals surface area contributed by atoms with Crippen molar-refractivity contribution in [1.29, 1.82) is 0 Å². The first-order valence-corrected chi connectivity index (χ1v) is 10.4. The number of hydrogen-bond donors (Lipinski definition) is 0. The molecule has 2 amide bonds. The monoisotopic (exact) mass is 371 g/mol. The van der Waals surface area contributed by atoms with Crippen molar-refractivity contribution in [3.63, 3.8) is 0 Å². The van der Waals surface area contributed by atoms with Crippen molar-refractivity contribution in [3.8, 4) is 0 Å². The van der Waals surface area contributed by atoms with Gasteiger partial charge in [-0.3, -0.25) is 14.5 Å². The Morgan fingerprint density at radius 2 is 1.70 bits per heavy atom. The fourth-order valence-electron chi connectivity index (χ4n) is 4.09. The summed E-state index contributed by atoms with van der Waals surface area (Å²) in [5.74, 6) is 0.321. The molecule has 2 fully saturated rings. The van der Waals surface area contributed by atoms with Gasteiger partial charge in [0.25, 0.3) is 0 Å². The molecule has 0 unspecified atom stereocenters. The molecule has 0 aliphatic carbocycles. The summed E-state index contributed by atoms with van der Waals surface area (Å²) in [5, 5.41) is 0. The van der Waals surface area contributed by atoms with Gasteiger partial charge in [0.05, 0.1) is 0 Å². The van der Waals surface area contributed by atoms with Crippen LogP contribution in [0.25, 0.3) is 0 Å². The molecule has 0 bridgehead atoms. The lowest BCUT2D eigenvalue weighted by Crippen LogP contribution is -2.35. The molecule has 0 radical (unpaired) electrons. The number of carbonyl (C=O) groups excluding carboxylic acids is 2. The third-order valence-electron chi connectivity index (χ3n) is 5.81. The molecule has 5 heteroatoms. The molecular weight excluding hydrogens is 338 g/mol. The van der Waals surface area contributed by atoms with Crippen molar-refractivity contribution in [3.05, 3.63) is 35.4 Å². The summed E-state index contributed by atoms with van der Waals surface area (Å²) in [4.78, 5) is 30.9. The van der Waals surface area contributed by atoms with E-state index in [9.17, 15) is 9.59 Å². The lowest BCUT2D eigenvalue weighted by molar-refractivity contribution is -0.133. The summed E-state index contributed by atoms with van der Waals surface area (Å²) < 4.78 is 0. The minimum Gasteiger partial charge on any atom is -0.342 e. The zero-order valence-corrected chi connectivity index (χ0v) is 16.7. The quantitative estimate of drug-likeness (QED) is 0.740. The normalized spacial score (nSPS) is 18.6. The lowest BCUT2D eigenvalue weighted by atomic mass is 10.1. The third kappa shape index (κ3) is 5.80. The highest BCUT2D eigenvalue weighted by Gasteiger charge is 2.19. The molecule has 0 saturated carbocycles. The van der Waals surface area contributed by atoms with Gasteiger partial charge in [0, 0.05) is 46.1 Å². The van der Waals surface area contributed by atoms with E-state index < -0.39 is 0 Å². The van der Waals surface area contributed by atoms with Crippen LogP contribution in [-0.4, -0.2) is 59.7 Å². The van der Waals surface area contributed by atoms with E-state index in [4.69, 9.17) is 0 Å². The molecule has 0 spiro atoms. The molecule has 27 heavy (non-hydrogen) atoms. The second kappa shape index (κ2) is 9.88. The average Bonchev–Trinajstić information content (AvgIpc) is 3.09. The highest BCUT2D eigenvalue weighted by molar-refractivity contribution is 5.79. The van der Waals surface area contributed by atoms with Crippen molar-refractivity contribution in [2.45, 2.75) is 58.0 Å². The van der Waals surface area contributed by atoms with E-state index in [1.165, 1.54) is 37.1 Å². The summed E-state index contributed by atoms with van der Waals surface area (Å²) in [6.45, 7) is 5.31. The smallest absolute Gasteiger partial charge is 0.224 e. The molecular formula is C22H33N3O2. The maximum absolute atomic E-state index is 12.6. The van der Waals surface area contributed by atoms with Crippen molar-refractivity contribution in [2.24, 2.45) is 0 Å². The number of nitrogens with zero attached hydrogens (tertiary/aromatic N) is 3. The molecule has 0 atom stereocenters. The molecule has 1 aromatic carbocycles. The van der Waals surface area contributed by atoms with Gasteiger partial charge in [0.2, 0.25) is 11.8 Å². The Kier molecular flexibility index (Phi) is 7.27. The molecule has 0 aromatic heterocycles. The zero-order chi connectivity index (χ0) is 19.1. The average molecular weight is 372 g/mol. The zero-order valence-electron chi connectivity index (χ0n) is 16.7. The van der Waals surface area contributed by atoms with Gasteiger partial charge < -0.3 is 9.80 Å². The second-order valence-corrected chi connectivity index (χ2v) is 7.94. The summed E-state index contributed by atoms with van der Waals surface area (Å²) in [6.07, 6.45) is 6.77. The van der Waals surface area contributed by atoms with Crippen LogP contribution in [0.3, 0.4) is 0 Å². The SMILES string of the molecule is CN(Cc1ccccc1CN1CCCC1)C(=O)CCN1CCCCCC1=O. The van der Waals surface area contributed by atoms with Crippen molar-refractivity contribution in [1.82, 2.24) is 14.7 Å². The summed E-state index contributed by atoms with van der Waals surface area (Å²) in [6, 6.07) is 8.45. The highest BCUT2D eigenvalue weighted by atomic mass is 16.2. The van der Waals surface area contributed by atoms with Gasteiger partial charge in [-0.25, -0.2) is 0 Å². The van der Waals surface area contributed by atoms with E-state index in [2.05, 4.69) is 29.2 Å². The Hall–Kier alpha value is -1.88. The Morgan fingerprint density at radius 1 is 1.00 bits per heavy atom.